The molecular weight excluding hydrogens is 319 g/mol. The Labute approximate surface area is 130 Å². The summed E-state index contributed by atoms with van der Waals surface area (Å²) < 4.78 is 42.8. The van der Waals surface area contributed by atoms with E-state index >= 15 is 0 Å². The predicted octanol–water partition coefficient (Wildman–Crippen LogP) is 0.497. The lowest BCUT2D eigenvalue weighted by Crippen LogP contribution is -2.50. The third-order valence-corrected chi connectivity index (χ3v) is 3.85. The largest absolute Gasteiger partial charge is 0.406 e. The topological polar surface area (TPSA) is 79.0 Å². The number of nitrogens with zero attached hydrogens (tertiary/aromatic N) is 2. The molecule has 4 amide bonds. The minimum atomic E-state index is -4.56. The maximum atomic E-state index is 12.6. The quantitative estimate of drug-likeness (QED) is 0.758. The number of rotatable bonds is 4. The minimum absolute atomic E-state index is 0.00128. The first-order valence-corrected chi connectivity index (χ1v) is 7.14. The fourth-order valence-electron chi connectivity index (χ4n) is 2.63. The first kappa shape index (κ1) is 17.5. The average Bonchev–Trinajstić information content (AvgIpc) is 2.96. The Hall–Kier alpha value is -1.84. The second-order valence-electron chi connectivity index (χ2n) is 5.94. The molecular formula is C13H18F3N3O4. The van der Waals surface area contributed by atoms with Crippen LogP contribution in [0.15, 0.2) is 0 Å². The molecule has 0 saturated carbocycles. The van der Waals surface area contributed by atoms with Crippen molar-refractivity contribution in [1.82, 2.24) is 15.1 Å². The Bertz CT molecular complexity index is 515. The van der Waals surface area contributed by atoms with Gasteiger partial charge in [0, 0.05) is 19.1 Å². The van der Waals surface area contributed by atoms with Gasteiger partial charge in [0.1, 0.15) is 18.6 Å². The Kier molecular flexibility index (Phi) is 4.56. The lowest BCUT2D eigenvalue weighted by Gasteiger charge is -2.29. The van der Waals surface area contributed by atoms with Crippen LogP contribution in [-0.2, 0) is 14.3 Å². The highest BCUT2D eigenvalue weighted by Gasteiger charge is 2.54. The highest BCUT2D eigenvalue weighted by molar-refractivity contribution is 6.09. The van der Waals surface area contributed by atoms with E-state index in [1.807, 2.05) is 0 Å². The van der Waals surface area contributed by atoms with Crippen LogP contribution in [0.5, 0.6) is 0 Å². The first-order valence-electron chi connectivity index (χ1n) is 7.14. The van der Waals surface area contributed by atoms with Crippen LogP contribution < -0.4 is 5.32 Å². The van der Waals surface area contributed by atoms with Gasteiger partial charge in [-0.25, -0.2) is 4.79 Å². The zero-order chi connectivity index (χ0) is 17.4. The Morgan fingerprint density at radius 3 is 2.57 bits per heavy atom. The predicted molar refractivity (Wildman–Crippen MR) is 71.3 cm³/mol. The van der Waals surface area contributed by atoms with Crippen molar-refractivity contribution in [2.75, 3.05) is 26.3 Å². The molecule has 0 aromatic carbocycles. The number of alkyl halides is 3. The van der Waals surface area contributed by atoms with Gasteiger partial charge in [-0.1, -0.05) is 0 Å². The third-order valence-electron chi connectivity index (χ3n) is 3.85. The van der Waals surface area contributed by atoms with Crippen LogP contribution in [0.3, 0.4) is 0 Å². The molecule has 23 heavy (non-hydrogen) atoms. The van der Waals surface area contributed by atoms with Crippen LogP contribution in [0.1, 0.15) is 20.3 Å². The van der Waals surface area contributed by atoms with Crippen molar-refractivity contribution in [3.8, 4) is 0 Å². The molecule has 0 radical (unpaired) electrons. The summed E-state index contributed by atoms with van der Waals surface area (Å²) in [5.74, 6) is -1.57. The lowest BCUT2D eigenvalue weighted by molar-refractivity contribution is -0.165. The summed E-state index contributed by atoms with van der Waals surface area (Å²) in [5.41, 5.74) is -1.19. The van der Waals surface area contributed by atoms with Gasteiger partial charge in [-0.2, -0.15) is 13.2 Å². The van der Waals surface area contributed by atoms with Crippen LogP contribution in [-0.4, -0.2) is 71.7 Å². The minimum Gasteiger partial charge on any atom is -0.378 e. The van der Waals surface area contributed by atoms with Crippen LogP contribution >= 0.6 is 0 Å². The van der Waals surface area contributed by atoms with Crippen molar-refractivity contribution in [2.24, 2.45) is 0 Å². The number of imide groups is 1. The van der Waals surface area contributed by atoms with E-state index in [9.17, 15) is 27.6 Å². The molecule has 2 rings (SSSR count). The normalized spacial score (nSPS) is 24.7. The molecule has 2 fully saturated rings. The van der Waals surface area contributed by atoms with Crippen molar-refractivity contribution in [1.29, 1.82) is 0 Å². The Morgan fingerprint density at radius 1 is 1.43 bits per heavy atom. The van der Waals surface area contributed by atoms with Gasteiger partial charge in [-0.05, 0) is 13.8 Å². The van der Waals surface area contributed by atoms with E-state index in [0.29, 0.717) is 16.4 Å². The molecule has 0 bridgehead atoms. The van der Waals surface area contributed by atoms with E-state index in [0.717, 1.165) is 0 Å². The summed E-state index contributed by atoms with van der Waals surface area (Å²) >= 11 is 0. The molecule has 2 aliphatic heterocycles. The highest BCUT2D eigenvalue weighted by atomic mass is 19.4. The smallest absolute Gasteiger partial charge is 0.378 e. The molecule has 130 valence electrons. The van der Waals surface area contributed by atoms with E-state index in [4.69, 9.17) is 4.74 Å². The van der Waals surface area contributed by atoms with Crippen molar-refractivity contribution >= 4 is 17.8 Å². The third kappa shape index (κ3) is 3.57. The van der Waals surface area contributed by atoms with Gasteiger partial charge in [-0.15, -0.1) is 0 Å². The van der Waals surface area contributed by atoms with Crippen molar-refractivity contribution in [2.45, 2.75) is 38.0 Å². The van der Waals surface area contributed by atoms with Crippen LogP contribution in [0.25, 0.3) is 0 Å². The Balaban J connectivity index is 2.09. The second kappa shape index (κ2) is 5.99. The van der Waals surface area contributed by atoms with Crippen LogP contribution in [0.2, 0.25) is 0 Å². The number of hydrogen-bond acceptors (Lipinski definition) is 4. The molecule has 2 saturated heterocycles. The second-order valence-corrected chi connectivity index (χ2v) is 5.94. The van der Waals surface area contributed by atoms with Gasteiger partial charge < -0.3 is 15.0 Å². The van der Waals surface area contributed by atoms with E-state index < -0.39 is 48.7 Å². The van der Waals surface area contributed by atoms with Crippen molar-refractivity contribution in [3.63, 3.8) is 0 Å². The number of amides is 4. The fourth-order valence-corrected chi connectivity index (χ4v) is 2.63. The number of carbonyl (C=O) groups excluding carboxylic acids is 3. The number of hydrogen-bond donors (Lipinski definition) is 1. The summed E-state index contributed by atoms with van der Waals surface area (Å²) in [6.07, 6.45) is -4.28. The maximum absolute atomic E-state index is 12.6. The summed E-state index contributed by atoms with van der Waals surface area (Å²) in [7, 11) is 0. The SMILES string of the molecule is CC(C)N(CC(F)(F)F)C(=O)CN1C(=O)NC2(CCOC2)C1=O. The molecule has 0 aromatic rings. The average molecular weight is 337 g/mol. The van der Waals surface area contributed by atoms with E-state index in [2.05, 4.69) is 5.32 Å². The number of halogens is 3. The van der Waals surface area contributed by atoms with Crippen LogP contribution in [0.4, 0.5) is 18.0 Å². The van der Waals surface area contributed by atoms with Gasteiger partial charge in [0.05, 0.1) is 6.61 Å². The van der Waals surface area contributed by atoms with Crippen molar-refractivity contribution in [3.05, 3.63) is 0 Å². The molecule has 7 nitrogen and oxygen atoms in total. The molecule has 0 aliphatic carbocycles. The molecule has 1 unspecified atom stereocenters. The molecule has 1 spiro atoms. The summed E-state index contributed by atoms with van der Waals surface area (Å²) in [4.78, 5) is 37.6. The van der Waals surface area contributed by atoms with E-state index in [1.54, 1.807) is 0 Å². The van der Waals surface area contributed by atoms with E-state index in [1.165, 1.54) is 13.8 Å². The number of ether oxygens (including phenoxy) is 1. The summed E-state index contributed by atoms with van der Waals surface area (Å²) in [6, 6.07) is -1.50. The fraction of sp³-hybridized carbons (Fsp3) is 0.769. The highest BCUT2D eigenvalue weighted by Crippen LogP contribution is 2.27. The lowest BCUT2D eigenvalue weighted by atomic mass is 9.99. The number of nitrogens with one attached hydrogen (secondary N) is 1. The molecule has 1 atom stereocenters. The number of carbonyl (C=O) groups is 3. The van der Waals surface area contributed by atoms with Gasteiger partial charge >= 0.3 is 12.2 Å². The molecule has 2 heterocycles. The summed E-state index contributed by atoms with van der Waals surface area (Å²) in [5, 5.41) is 2.47. The van der Waals surface area contributed by atoms with Crippen LogP contribution in [0, 0.1) is 0 Å². The zero-order valence-corrected chi connectivity index (χ0v) is 12.8. The zero-order valence-electron chi connectivity index (χ0n) is 12.8. The van der Waals surface area contributed by atoms with Crippen molar-refractivity contribution < 1.29 is 32.3 Å². The molecule has 0 aromatic heterocycles. The monoisotopic (exact) mass is 337 g/mol. The van der Waals surface area contributed by atoms with Gasteiger partial charge in [0.15, 0.2) is 0 Å². The molecule has 1 N–H and O–H groups in total. The van der Waals surface area contributed by atoms with Gasteiger partial charge in [0.25, 0.3) is 5.91 Å². The standard InChI is InChI=1S/C13H18F3N3O4/c1-8(2)19(6-13(14,15)16)9(20)5-18-10(21)12(17-11(18)22)3-4-23-7-12/h8H,3-7H2,1-2H3,(H,17,22). The van der Waals surface area contributed by atoms with E-state index in [-0.39, 0.29) is 13.0 Å². The maximum Gasteiger partial charge on any atom is 0.406 e. The first-order chi connectivity index (χ1) is 10.6. The Morgan fingerprint density at radius 2 is 2.09 bits per heavy atom. The molecule has 10 heteroatoms. The van der Waals surface area contributed by atoms with Gasteiger partial charge in [0.2, 0.25) is 5.91 Å². The van der Waals surface area contributed by atoms with Gasteiger partial charge in [-0.3, -0.25) is 14.5 Å². The molecule has 2 aliphatic rings. The summed E-state index contributed by atoms with van der Waals surface area (Å²) in [6.45, 7) is 1.00. The number of urea groups is 1.